The van der Waals surface area contributed by atoms with E-state index in [0.717, 1.165) is 23.3 Å². The number of imidazole rings is 1. The lowest BCUT2D eigenvalue weighted by atomic mass is 9.96. The highest BCUT2D eigenvalue weighted by Crippen LogP contribution is 2.37. The van der Waals surface area contributed by atoms with Crippen LogP contribution in [-0.2, 0) is 17.5 Å². The summed E-state index contributed by atoms with van der Waals surface area (Å²) in [6.45, 7) is 3.12. The zero-order valence-electron chi connectivity index (χ0n) is 25.2. The lowest BCUT2D eigenvalue weighted by Crippen LogP contribution is -2.38. The molecule has 0 unspecified atom stereocenters. The molecule has 0 saturated carbocycles. The molecule has 0 spiro atoms. The maximum atomic E-state index is 13.7. The lowest BCUT2D eigenvalue weighted by Gasteiger charge is -2.30. The normalized spacial score (nSPS) is 14.6. The molecule has 6 rings (SSSR count). The Morgan fingerprint density at radius 3 is 2.41 bits per heavy atom. The van der Waals surface area contributed by atoms with Gasteiger partial charge in [0.1, 0.15) is 12.4 Å². The second kappa shape index (κ2) is 13.4. The van der Waals surface area contributed by atoms with Crippen LogP contribution >= 0.6 is 0 Å². The number of halogens is 3. The molecule has 2 N–H and O–H groups in total. The number of hydrogen-bond acceptors (Lipinski definition) is 6. The highest BCUT2D eigenvalue weighted by atomic mass is 19.4. The van der Waals surface area contributed by atoms with Crippen molar-refractivity contribution in [2.75, 3.05) is 18.4 Å². The van der Waals surface area contributed by atoms with Gasteiger partial charge in [-0.1, -0.05) is 72.8 Å². The fraction of sp³-hybridized carbons (Fsp3) is 0.257. The Hall–Kier alpha value is -5.19. The minimum atomic E-state index is -4.50. The number of ether oxygens (including phenoxy) is 1. The predicted molar refractivity (Wildman–Crippen MR) is 169 cm³/mol. The maximum Gasteiger partial charge on any atom is 0.416 e. The molecule has 2 aromatic heterocycles. The number of hydrogen-bond donors (Lipinski definition) is 2. The molecule has 8 nitrogen and oxygen atoms in total. The summed E-state index contributed by atoms with van der Waals surface area (Å²) in [6.07, 6.45) is -2.05. The van der Waals surface area contributed by atoms with E-state index in [1.165, 1.54) is 6.07 Å². The van der Waals surface area contributed by atoms with Crippen LogP contribution in [0.15, 0.2) is 97.2 Å². The quantitative estimate of drug-likeness (QED) is 0.180. The van der Waals surface area contributed by atoms with Crippen LogP contribution in [-0.4, -0.2) is 44.0 Å². The van der Waals surface area contributed by atoms with E-state index < -0.39 is 11.7 Å². The Labute approximate surface area is 264 Å². The molecule has 46 heavy (non-hydrogen) atoms. The summed E-state index contributed by atoms with van der Waals surface area (Å²) in [5, 5.41) is 3.31. The Bertz CT molecular complexity index is 1770. The van der Waals surface area contributed by atoms with Gasteiger partial charge in [0.05, 0.1) is 28.7 Å². The summed E-state index contributed by atoms with van der Waals surface area (Å²) in [5.74, 6) is 0.960. The van der Waals surface area contributed by atoms with Crippen LogP contribution in [0.3, 0.4) is 0 Å². The van der Waals surface area contributed by atoms with E-state index in [4.69, 9.17) is 14.7 Å². The van der Waals surface area contributed by atoms with E-state index in [-0.39, 0.29) is 24.7 Å². The SMILES string of the molecule is C[C@@H](Nc1nccc(-c2[nH]c(C3CCN(C(=O)OCc4ccccc4)CC3)nc2-c2cccc(C(F)(F)F)c2)n1)c1ccccc1. The van der Waals surface area contributed by atoms with Crippen LogP contribution in [0, 0.1) is 0 Å². The zero-order chi connectivity index (χ0) is 32.1. The molecular weight excluding hydrogens is 593 g/mol. The van der Waals surface area contributed by atoms with Crippen LogP contribution < -0.4 is 5.32 Å². The second-order valence-corrected chi connectivity index (χ2v) is 11.3. The number of carbonyl (C=O) groups excluding carboxylic acids is 1. The number of carbonyl (C=O) groups is 1. The van der Waals surface area contributed by atoms with Gasteiger partial charge in [0.2, 0.25) is 5.95 Å². The number of piperidine rings is 1. The maximum absolute atomic E-state index is 13.7. The van der Waals surface area contributed by atoms with E-state index in [1.54, 1.807) is 23.2 Å². The molecule has 3 heterocycles. The fourth-order valence-corrected chi connectivity index (χ4v) is 5.55. The van der Waals surface area contributed by atoms with Gasteiger partial charge < -0.3 is 19.9 Å². The first-order chi connectivity index (χ1) is 22.2. The number of alkyl halides is 3. The summed E-state index contributed by atoms with van der Waals surface area (Å²) in [7, 11) is 0. The van der Waals surface area contributed by atoms with E-state index in [2.05, 4.69) is 15.3 Å². The topological polar surface area (TPSA) is 96.0 Å². The molecule has 5 aromatic rings. The van der Waals surface area contributed by atoms with Crippen molar-refractivity contribution < 1.29 is 22.7 Å². The minimum Gasteiger partial charge on any atom is -0.445 e. The largest absolute Gasteiger partial charge is 0.445 e. The minimum absolute atomic E-state index is 0.0472. The van der Waals surface area contributed by atoms with Gasteiger partial charge in [-0.2, -0.15) is 13.2 Å². The number of benzene rings is 3. The molecule has 3 aromatic carbocycles. The summed E-state index contributed by atoms with van der Waals surface area (Å²) in [4.78, 5) is 31.7. The number of anilines is 1. The molecular formula is C35H33F3N6O2. The number of H-pyrrole nitrogens is 1. The molecule has 11 heteroatoms. The van der Waals surface area contributed by atoms with Crippen molar-refractivity contribution in [3.05, 3.63) is 120 Å². The van der Waals surface area contributed by atoms with Gasteiger partial charge in [-0.3, -0.25) is 0 Å². The number of aromatic nitrogens is 4. The summed E-state index contributed by atoms with van der Waals surface area (Å²) in [6, 6.07) is 26.1. The molecule has 236 valence electrons. The molecule has 1 saturated heterocycles. The molecule has 1 amide bonds. The van der Waals surface area contributed by atoms with Gasteiger partial charge >= 0.3 is 12.3 Å². The molecule has 1 atom stereocenters. The van der Waals surface area contributed by atoms with Crippen molar-refractivity contribution in [3.8, 4) is 22.6 Å². The van der Waals surface area contributed by atoms with Crippen molar-refractivity contribution in [1.29, 1.82) is 0 Å². The van der Waals surface area contributed by atoms with Gasteiger partial charge in [-0.25, -0.2) is 19.7 Å². The average molecular weight is 627 g/mol. The number of amides is 1. The van der Waals surface area contributed by atoms with Crippen molar-refractivity contribution in [2.24, 2.45) is 0 Å². The smallest absolute Gasteiger partial charge is 0.416 e. The van der Waals surface area contributed by atoms with Crippen LogP contribution in [0.5, 0.6) is 0 Å². The highest BCUT2D eigenvalue weighted by Gasteiger charge is 2.32. The summed E-state index contributed by atoms with van der Waals surface area (Å²) >= 11 is 0. The fourth-order valence-electron chi connectivity index (χ4n) is 5.55. The molecule has 1 fully saturated rings. The summed E-state index contributed by atoms with van der Waals surface area (Å²) in [5.41, 5.74) is 2.88. The first-order valence-corrected chi connectivity index (χ1v) is 15.1. The van der Waals surface area contributed by atoms with Crippen molar-refractivity contribution in [2.45, 2.75) is 44.5 Å². The van der Waals surface area contributed by atoms with E-state index in [9.17, 15) is 18.0 Å². The number of nitrogens with zero attached hydrogens (tertiary/aromatic N) is 4. The number of aromatic amines is 1. The number of rotatable bonds is 8. The molecule has 0 bridgehead atoms. The third-order valence-electron chi connectivity index (χ3n) is 8.09. The Balaban J connectivity index is 1.25. The highest BCUT2D eigenvalue weighted by molar-refractivity contribution is 5.77. The average Bonchev–Trinajstić information content (AvgIpc) is 3.54. The van der Waals surface area contributed by atoms with E-state index in [1.807, 2.05) is 67.6 Å². The van der Waals surface area contributed by atoms with Crippen molar-refractivity contribution in [3.63, 3.8) is 0 Å². The first-order valence-electron chi connectivity index (χ1n) is 15.1. The van der Waals surface area contributed by atoms with Gasteiger partial charge in [0.15, 0.2) is 0 Å². The van der Waals surface area contributed by atoms with Crippen LogP contribution in [0.25, 0.3) is 22.6 Å². The van der Waals surface area contributed by atoms with Gasteiger partial charge in [-0.15, -0.1) is 0 Å². The third kappa shape index (κ3) is 7.20. The molecule has 1 aliphatic heterocycles. The third-order valence-corrected chi connectivity index (χ3v) is 8.09. The standard InChI is InChI=1S/C35H33F3N6O2/c1-23(25-11-6-3-7-12-25)40-33-39-18-15-29(41-33)31-30(27-13-8-14-28(21-27)35(36,37)38)42-32(43-31)26-16-19-44(20-17-26)34(45)46-22-24-9-4-2-5-10-24/h2-15,18,21,23,26H,16-17,19-20,22H2,1H3,(H,42,43)(H,39,40,41)/t23-/m1/s1. The van der Waals surface area contributed by atoms with Crippen LogP contribution in [0.2, 0.25) is 0 Å². The Kier molecular flexibility index (Phi) is 9.00. The second-order valence-electron chi connectivity index (χ2n) is 11.3. The van der Waals surface area contributed by atoms with Gasteiger partial charge in [0.25, 0.3) is 0 Å². The molecule has 1 aliphatic rings. The van der Waals surface area contributed by atoms with Crippen LogP contribution in [0.1, 0.15) is 54.2 Å². The van der Waals surface area contributed by atoms with Gasteiger partial charge in [-0.05, 0) is 49.1 Å². The Morgan fingerprint density at radius 2 is 1.70 bits per heavy atom. The van der Waals surface area contributed by atoms with Crippen LogP contribution in [0.4, 0.5) is 23.9 Å². The zero-order valence-corrected chi connectivity index (χ0v) is 25.2. The monoisotopic (exact) mass is 626 g/mol. The lowest BCUT2D eigenvalue weighted by molar-refractivity contribution is -0.137. The van der Waals surface area contributed by atoms with E-state index in [0.29, 0.717) is 60.3 Å². The predicted octanol–water partition coefficient (Wildman–Crippen LogP) is 8.24. The molecule has 0 radical (unpaired) electrons. The number of nitrogens with one attached hydrogen (secondary N) is 2. The number of likely N-dealkylation sites (tertiary alicyclic amines) is 1. The Morgan fingerprint density at radius 1 is 0.978 bits per heavy atom. The van der Waals surface area contributed by atoms with Crippen molar-refractivity contribution >= 4 is 12.0 Å². The van der Waals surface area contributed by atoms with Crippen molar-refractivity contribution in [1.82, 2.24) is 24.8 Å². The molecule has 0 aliphatic carbocycles. The van der Waals surface area contributed by atoms with E-state index >= 15 is 0 Å². The first kappa shape index (κ1) is 30.8. The summed E-state index contributed by atoms with van der Waals surface area (Å²) < 4.78 is 46.5. The van der Waals surface area contributed by atoms with Gasteiger partial charge in [0, 0.05) is 30.8 Å².